The number of halogens is 2. The van der Waals surface area contributed by atoms with Crippen LogP contribution in [0.25, 0.3) is 32.2 Å². The van der Waals surface area contributed by atoms with Crippen LogP contribution in [-0.2, 0) is 11.3 Å². The Morgan fingerprint density at radius 3 is 2.73 bits per heavy atom. The predicted molar refractivity (Wildman–Crippen MR) is 155 cm³/mol. The molecular formula is C30H21ClFN5O3S. The summed E-state index contributed by atoms with van der Waals surface area (Å²) in [6, 6.07) is 8.77. The summed E-state index contributed by atoms with van der Waals surface area (Å²) in [4.78, 5) is 38.3. The molecule has 0 bridgehead atoms. The lowest BCUT2D eigenvalue weighted by Gasteiger charge is -2.19. The Labute approximate surface area is 243 Å². The number of carbonyl (C=O) groups excluding carboxylic acids is 1. The van der Waals surface area contributed by atoms with Crippen molar-refractivity contribution in [2.45, 2.75) is 39.8 Å². The Kier molecular flexibility index (Phi) is 7.31. The van der Waals surface area contributed by atoms with E-state index in [1.807, 2.05) is 6.07 Å². The molecule has 0 unspecified atom stereocenters. The van der Waals surface area contributed by atoms with Crippen molar-refractivity contribution in [3.05, 3.63) is 85.9 Å². The molecule has 11 heteroatoms. The third-order valence-corrected chi connectivity index (χ3v) is 7.30. The van der Waals surface area contributed by atoms with Crippen molar-refractivity contribution in [1.29, 1.82) is 5.26 Å². The topological polar surface area (TPSA) is 111 Å². The van der Waals surface area contributed by atoms with Gasteiger partial charge < -0.3 is 4.74 Å². The van der Waals surface area contributed by atoms with E-state index in [0.29, 0.717) is 27.5 Å². The second kappa shape index (κ2) is 10.7. The van der Waals surface area contributed by atoms with Crippen molar-refractivity contribution in [2.24, 2.45) is 0 Å². The first kappa shape index (κ1) is 27.9. The van der Waals surface area contributed by atoms with Gasteiger partial charge in [0.15, 0.2) is 0 Å². The fourth-order valence-corrected chi connectivity index (χ4v) is 5.46. The third-order valence-electron chi connectivity index (χ3n) is 6.06. The van der Waals surface area contributed by atoms with Gasteiger partial charge in [-0.05, 0) is 52.0 Å². The largest absolute Gasteiger partial charge is 0.456 e. The number of nitriles is 1. The Hall–Kier alpha value is -4.64. The van der Waals surface area contributed by atoms with Gasteiger partial charge in [-0.3, -0.25) is 14.3 Å². The van der Waals surface area contributed by atoms with E-state index in [0.717, 1.165) is 22.0 Å². The van der Waals surface area contributed by atoms with Crippen LogP contribution in [0.3, 0.4) is 0 Å². The van der Waals surface area contributed by atoms with Crippen molar-refractivity contribution >= 4 is 50.0 Å². The second-order valence-corrected chi connectivity index (χ2v) is 11.3. The average molecular weight is 586 g/mol. The minimum Gasteiger partial charge on any atom is -0.456 e. The molecule has 4 heterocycles. The maximum absolute atomic E-state index is 14.1. The standard InChI is InChI=1S/C30H21ClFN5O3S/c1-16-36-23-14-35-27(32)21(13-33)24(23)28(38)37(16)11-5-6-17-7-8-18(31)12-20(17)19-9-10-34-25-22(15-41-26(19)25)29(39)40-30(2,3)4/h7-10,12,14-15H,11H2,1-4H3. The first-order valence-corrected chi connectivity index (χ1v) is 13.6. The second-order valence-electron chi connectivity index (χ2n) is 10.0. The number of hydrogen-bond donors (Lipinski definition) is 0. The predicted octanol–water partition coefficient (Wildman–Crippen LogP) is 6.05. The van der Waals surface area contributed by atoms with E-state index in [2.05, 4.69) is 26.8 Å². The summed E-state index contributed by atoms with van der Waals surface area (Å²) in [5, 5.41) is 11.4. The normalized spacial score (nSPS) is 11.2. The van der Waals surface area contributed by atoms with Crippen LogP contribution in [0.2, 0.25) is 5.02 Å². The molecule has 0 N–H and O–H groups in total. The zero-order chi connectivity index (χ0) is 29.5. The fourth-order valence-electron chi connectivity index (χ4n) is 4.27. The van der Waals surface area contributed by atoms with Crippen molar-refractivity contribution in [3.63, 3.8) is 0 Å². The Morgan fingerprint density at radius 2 is 2.00 bits per heavy atom. The number of thiophene rings is 1. The monoisotopic (exact) mass is 585 g/mol. The molecule has 0 radical (unpaired) electrons. The lowest BCUT2D eigenvalue weighted by molar-refractivity contribution is 0.00721. The zero-order valence-corrected chi connectivity index (χ0v) is 23.9. The molecule has 0 saturated carbocycles. The highest BCUT2D eigenvalue weighted by Crippen LogP contribution is 2.37. The quantitative estimate of drug-likeness (QED) is 0.144. The number of esters is 1. The van der Waals surface area contributed by atoms with Crippen molar-refractivity contribution in [2.75, 3.05) is 0 Å². The van der Waals surface area contributed by atoms with Gasteiger partial charge in [0.1, 0.15) is 23.1 Å². The molecule has 1 aromatic carbocycles. The summed E-state index contributed by atoms with van der Waals surface area (Å²) in [5.41, 5.74) is 1.46. The number of rotatable bonds is 3. The molecule has 0 aliphatic heterocycles. The van der Waals surface area contributed by atoms with Crippen molar-refractivity contribution in [1.82, 2.24) is 19.5 Å². The summed E-state index contributed by atoms with van der Waals surface area (Å²) in [6.07, 6.45) is 2.74. The van der Waals surface area contributed by atoms with Crippen LogP contribution >= 0.6 is 22.9 Å². The van der Waals surface area contributed by atoms with Crippen LogP contribution in [0.4, 0.5) is 4.39 Å². The molecule has 0 saturated heterocycles. The van der Waals surface area contributed by atoms with Crippen LogP contribution in [0, 0.1) is 36.0 Å². The summed E-state index contributed by atoms with van der Waals surface area (Å²) >= 11 is 7.73. The van der Waals surface area contributed by atoms with Gasteiger partial charge >= 0.3 is 5.97 Å². The van der Waals surface area contributed by atoms with Crippen LogP contribution in [0.5, 0.6) is 0 Å². The molecule has 204 valence electrons. The Morgan fingerprint density at radius 1 is 1.22 bits per heavy atom. The molecule has 0 fully saturated rings. The highest BCUT2D eigenvalue weighted by atomic mass is 35.5. The molecule has 5 aromatic rings. The van der Waals surface area contributed by atoms with Gasteiger partial charge in [0, 0.05) is 33.3 Å². The van der Waals surface area contributed by atoms with E-state index in [1.165, 1.54) is 15.9 Å². The van der Waals surface area contributed by atoms with Gasteiger partial charge in [-0.25, -0.2) is 14.8 Å². The average Bonchev–Trinajstić information content (AvgIpc) is 3.35. The molecular weight excluding hydrogens is 565 g/mol. The van der Waals surface area contributed by atoms with Gasteiger partial charge in [0.25, 0.3) is 5.56 Å². The van der Waals surface area contributed by atoms with Gasteiger partial charge in [-0.1, -0.05) is 23.4 Å². The van der Waals surface area contributed by atoms with Gasteiger partial charge in [0.2, 0.25) is 5.95 Å². The number of aryl methyl sites for hydroxylation is 1. The molecule has 8 nitrogen and oxygen atoms in total. The first-order valence-electron chi connectivity index (χ1n) is 12.3. The van der Waals surface area contributed by atoms with Crippen LogP contribution in [0.15, 0.2) is 46.8 Å². The molecule has 0 aliphatic carbocycles. The summed E-state index contributed by atoms with van der Waals surface area (Å²) in [5.74, 6) is 4.95. The number of nitrogens with zero attached hydrogens (tertiary/aromatic N) is 5. The smallest absolute Gasteiger partial charge is 0.341 e. The molecule has 5 rings (SSSR count). The highest BCUT2D eigenvalue weighted by molar-refractivity contribution is 7.18. The summed E-state index contributed by atoms with van der Waals surface area (Å²) < 4.78 is 21.7. The van der Waals surface area contributed by atoms with Gasteiger partial charge in [-0.15, -0.1) is 11.3 Å². The van der Waals surface area contributed by atoms with Crippen molar-refractivity contribution in [3.8, 4) is 29.0 Å². The number of pyridine rings is 2. The lowest BCUT2D eigenvalue weighted by atomic mass is 10.00. The van der Waals surface area contributed by atoms with Crippen LogP contribution in [0.1, 0.15) is 48.1 Å². The number of ether oxygens (including phenoxy) is 1. The van der Waals surface area contributed by atoms with E-state index >= 15 is 0 Å². The highest BCUT2D eigenvalue weighted by Gasteiger charge is 2.23. The van der Waals surface area contributed by atoms with E-state index in [1.54, 1.807) is 63.5 Å². The minimum absolute atomic E-state index is 0.0575. The minimum atomic E-state index is -1.03. The number of aromatic nitrogens is 4. The SMILES string of the molecule is Cc1nc2cnc(F)c(C#N)c2c(=O)n1CC#Cc1ccc(Cl)cc1-c1ccnc2c(C(=O)OC(C)(C)C)csc12. The summed E-state index contributed by atoms with van der Waals surface area (Å²) in [6.45, 7) is 6.97. The molecule has 0 aliphatic rings. The summed E-state index contributed by atoms with van der Waals surface area (Å²) in [7, 11) is 0. The van der Waals surface area contributed by atoms with Crippen LogP contribution in [-0.4, -0.2) is 31.1 Å². The number of carbonyl (C=O) groups is 1. The first-order chi connectivity index (χ1) is 19.5. The number of fused-ring (bicyclic) bond motifs is 2. The van der Waals surface area contributed by atoms with Gasteiger partial charge in [0.05, 0.1) is 39.4 Å². The van der Waals surface area contributed by atoms with E-state index in [-0.39, 0.29) is 17.4 Å². The lowest BCUT2D eigenvalue weighted by Crippen LogP contribution is -2.24. The maximum atomic E-state index is 14.1. The number of benzene rings is 1. The Bertz CT molecular complexity index is 2040. The molecule has 4 aromatic heterocycles. The maximum Gasteiger partial charge on any atom is 0.341 e. The van der Waals surface area contributed by atoms with Crippen LogP contribution < -0.4 is 5.56 Å². The van der Waals surface area contributed by atoms with E-state index in [4.69, 9.17) is 16.3 Å². The molecule has 0 atom stereocenters. The van der Waals surface area contributed by atoms with E-state index < -0.39 is 28.6 Å². The number of hydrogen-bond acceptors (Lipinski definition) is 8. The fraction of sp³-hybridized carbons (Fsp3) is 0.200. The van der Waals surface area contributed by atoms with Crippen molar-refractivity contribution < 1.29 is 13.9 Å². The molecule has 0 amide bonds. The zero-order valence-electron chi connectivity index (χ0n) is 22.4. The van der Waals surface area contributed by atoms with E-state index in [9.17, 15) is 19.2 Å². The molecule has 41 heavy (non-hydrogen) atoms. The third kappa shape index (κ3) is 5.40. The van der Waals surface area contributed by atoms with Gasteiger partial charge in [-0.2, -0.15) is 9.65 Å². The Balaban J connectivity index is 1.57. The molecule has 0 spiro atoms.